The van der Waals surface area contributed by atoms with Gasteiger partial charge >= 0.3 is 0 Å². The Balaban J connectivity index is 1.85. The van der Waals surface area contributed by atoms with Gasteiger partial charge in [0.25, 0.3) is 5.91 Å². The first-order valence-electron chi connectivity index (χ1n) is 7.31. The van der Waals surface area contributed by atoms with Gasteiger partial charge in [0, 0.05) is 19.1 Å². The maximum atomic E-state index is 12.2. The van der Waals surface area contributed by atoms with E-state index >= 15 is 0 Å². The third-order valence-corrected chi connectivity index (χ3v) is 3.62. The number of carbonyl (C=O) groups is 1. The molecule has 2 N–H and O–H groups in total. The molecular formula is C16H24N2O2. The first-order valence-corrected chi connectivity index (χ1v) is 7.31. The molecule has 0 spiro atoms. The van der Waals surface area contributed by atoms with E-state index in [0.29, 0.717) is 18.2 Å². The summed E-state index contributed by atoms with van der Waals surface area (Å²) in [5.41, 5.74) is 6.60. The summed E-state index contributed by atoms with van der Waals surface area (Å²) in [6, 6.07) is 7.78. The van der Waals surface area contributed by atoms with Crippen molar-refractivity contribution in [1.29, 1.82) is 0 Å². The van der Waals surface area contributed by atoms with Crippen LogP contribution in [-0.4, -0.2) is 30.0 Å². The molecule has 1 fully saturated rings. The largest absolute Gasteiger partial charge is 0.484 e. The molecule has 1 amide bonds. The Morgan fingerprint density at radius 3 is 2.50 bits per heavy atom. The summed E-state index contributed by atoms with van der Waals surface area (Å²) in [6.45, 7) is 5.59. The number of ether oxygens (including phenoxy) is 1. The third-order valence-electron chi connectivity index (χ3n) is 3.62. The Labute approximate surface area is 120 Å². The molecule has 0 radical (unpaired) electrons. The number of hydrogen-bond donors (Lipinski definition) is 1. The molecule has 0 unspecified atom stereocenters. The van der Waals surface area contributed by atoms with Gasteiger partial charge in [0.1, 0.15) is 5.75 Å². The molecule has 0 bridgehead atoms. The van der Waals surface area contributed by atoms with E-state index in [2.05, 4.69) is 13.8 Å². The van der Waals surface area contributed by atoms with E-state index in [1.54, 1.807) is 0 Å². The summed E-state index contributed by atoms with van der Waals surface area (Å²) in [6.07, 6.45) is 2.50. The minimum absolute atomic E-state index is 0.0646. The van der Waals surface area contributed by atoms with Crippen molar-refractivity contribution in [3.63, 3.8) is 0 Å². The lowest BCUT2D eigenvalue weighted by Crippen LogP contribution is -2.41. The van der Waals surface area contributed by atoms with Crippen LogP contribution in [0.4, 0.5) is 0 Å². The zero-order chi connectivity index (χ0) is 14.5. The lowest BCUT2D eigenvalue weighted by Gasteiger charge is -2.26. The van der Waals surface area contributed by atoms with Gasteiger partial charge in [-0.2, -0.15) is 0 Å². The van der Waals surface area contributed by atoms with Crippen LogP contribution in [0.5, 0.6) is 5.75 Å². The highest BCUT2D eigenvalue weighted by Gasteiger charge is 2.28. The minimum atomic E-state index is 0.0646. The first kappa shape index (κ1) is 14.9. The van der Waals surface area contributed by atoms with E-state index in [0.717, 1.165) is 12.1 Å². The number of rotatable bonds is 7. The molecule has 1 aliphatic rings. The smallest absolute Gasteiger partial charge is 0.260 e. The summed E-state index contributed by atoms with van der Waals surface area (Å²) >= 11 is 0. The second kappa shape index (κ2) is 6.75. The average molecular weight is 276 g/mol. The van der Waals surface area contributed by atoms with Crippen molar-refractivity contribution in [3.05, 3.63) is 29.8 Å². The predicted molar refractivity (Wildman–Crippen MR) is 79.4 cm³/mol. The van der Waals surface area contributed by atoms with Crippen molar-refractivity contribution < 1.29 is 9.53 Å². The van der Waals surface area contributed by atoms with Crippen LogP contribution in [0.3, 0.4) is 0 Å². The Morgan fingerprint density at radius 1 is 1.35 bits per heavy atom. The molecule has 1 aliphatic carbocycles. The van der Waals surface area contributed by atoms with E-state index in [1.807, 2.05) is 29.2 Å². The third kappa shape index (κ3) is 4.23. The van der Waals surface area contributed by atoms with Crippen molar-refractivity contribution in [1.82, 2.24) is 4.90 Å². The predicted octanol–water partition coefficient (Wildman–Crippen LogP) is 2.17. The van der Waals surface area contributed by atoms with Crippen LogP contribution in [0.1, 0.15) is 32.3 Å². The van der Waals surface area contributed by atoms with Gasteiger partial charge in [-0.3, -0.25) is 4.79 Å². The molecule has 1 aromatic carbocycles. The normalized spacial score (nSPS) is 14.4. The fourth-order valence-corrected chi connectivity index (χ4v) is 2.13. The lowest BCUT2D eigenvalue weighted by atomic mass is 10.2. The van der Waals surface area contributed by atoms with Crippen LogP contribution in [0.15, 0.2) is 24.3 Å². The second-order valence-electron chi connectivity index (χ2n) is 5.72. The Bertz CT molecular complexity index is 438. The summed E-state index contributed by atoms with van der Waals surface area (Å²) in [7, 11) is 0. The maximum Gasteiger partial charge on any atom is 0.260 e. The highest BCUT2D eigenvalue weighted by atomic mass is 16.5. The van der Waals surface area contributed by atoms with Gasteiger partial charge in [0.05, 0.1) is 0 Å². The molecule has 0 atom stereocenters. The van der Waals surface area contributed by atoms with E-state index in [1.165, 1.54) is 12.8 Å². The van der Waals surface area contributed by atoms with Crippen LogP contribution in [0, 0.1) is 5.92 Å². The number of nitrogens with zero attached hydrogens (tertiary/aromatic N) is 1. The fraction of sp³-hybridized carbons (Fsp3) is 0.562. The maximum absolute atomic E-state index is 12.2. The van der Waals surface area contributed by atoms with Crippen molar-refractivity contribution >= 4 is 5.91 Å². The van der Waals surface area contributed by atoms with Gasteiger partial charge in [0.15, 0.2) is 6.61 Å². The summed E-state index contributed by atoms with van der Waals surface area (Å²) < 4.78 is 5.57. The Morgan fingerprint density at radius 2 is 2.00 bits per heavy atom. The zero-order valence-electron chi connectivity index (χ0n) is 12.3. The molecule has 2 rings (SSSR count). The van der Waals surface area contributed by atoms with Gasteiger partial charge in [0.2, 0.25) is 0 Å². The second-order valence-corrected chi connectivity index (χ2v) is 5.72. The van der Waals surface area contributed by atoms with Crippen LogP contribution in [0.2, 0.25) is 0 Å². The van der Waals surface area contributed by atoms with Crippen LogP contribution in [0.25, 0.3) is 0 Å². The molecule has 0 heterocycles. The molecular weight excluding hydrogens is 252 g/mol. The number of hydrogen-bond acceptors (Lipinski definition) is 3. The van der Waals surface area contributed by atoms with Crippen LogP contribution < -0.4 is 10.5 Å². The minimum Gasteiger partial charge on any atom is -0.484 e. The summed E-state index contributed by atoms with van der Waals surface area (Å²) in [5, 5.41) is 0. The number of benzene rings is 1. The molecule has 20 heavy (non-hydrogen) atoms. The first-order chi connectivity index (χ1) is 9.60. The van der Waals surface area contributed by atoms with E-state index < -0.39 is 0 Å². The molecule has 0 saturated heterocycles. The monoisotopic (exact) mass is 276 g/mol. The van der Waals surface area contributed by atoms with Gasteiger partial charge in [-0.15, -0.1) is 0 Å². The van der Waals surface area contributed by atoms with E-state index in [-0.39, 0.29) is 18.6 Å². The van der Waals surface area contributed by atoms with Crippen molar-refractivity contribution in [3.8, 4) is 5.75 Å². The van der Waals surface area contributed by atoms with Crippen LogP contribution >= 0.6 is 0 Å². The quantitative estimate of drug-likeness (QED) is 0.830. The molecule has 1 saturated carbocycles. The van der Waals surface area contributed by atoms with Gasteiger partial charge in [-0.25, -0.2) is 0 Å². The number of carbonyl (C=O) groups excluding carboxylic acids is 1. The zero-order valence-corrected chi connectivity index (χ0v) is 12.3. The standard InChI is InChI=1S/C16H24N2O2/c1-12(2)18(10-14-3-4-14)16(19)11-20-15-7-5-13(9-17)6-8-15/h5-8,12,14H,3-4,9-11,17H2,1-2H3. The molecule has 0 aromatic heterocycles. The van der Waals surface area contributed by atoms with Gasteiger partial charge < -0.3 is 15.4 Å². The van der Waals surface area contributed by atoms with Crippen molar-refractivity contribution in [2.75, 3.05) is 13.2 Å². The summed E-state index contributed by atoms with van der Waals surface area (Å²) in [5.74, 6) is 1.48. The van der Waals surface area contributed by atoms with E-state index in [9.17, 15) is 4.79 Å². The number of nitrogens with two attached hydrogens (primary N) is 1. The van der Waals surface area contributed by atoms with Crippen LogP contribution in [-0.2, 0) is 11.3 Å². The average Bonchev–Trinajstić information content (AvgIpc) is 3.26. The van der Waals surface area contributed by atoms with Crippen molar-refractivity contribution in [2.45, 2.75) is 39.3 Å². The molecule has 0 aliphatic heterocycles. The van der Waals surface area contributed by atoms with Gasteiger partial charge in [-0.05, 0) is 50.3 Å². The number of amides is 1. The Hall–Kier alpha value is -1.55. The topological polar surface area (TPSA) is 55.6 Å². The highest BCUT2D eigenvalue weighted by molar-refractivity contribution is 5.78. The lowest BCUT2D eigenvalue weighted by molar-refractivity contribution is -0.135. The highest BCUT2D eigenvalue weighted by Crippen LogP contribution is 2.30. The SMILES string of the molecule is CC(C)N(CC1CC1)C(=O)COc1ccc(CN)cc1. The molecule has 1 aromatic rings. The fourth-order valence-electron chi connectivity index (χ4n) is 2.13. The molecule has 4 nitrogen and oxygen atoms in total. The van der Waals surface area contributed by atoms with E-state index in [4.69, 9.17) is 10.5 Å². The molecule has 4 heteroatoms. The summed E-state index contributed by atoms with van der Waals surface area (Å²) in [4.78, 5) is 14.1. The Kier molecular flexibility index (Phi) is 5.01. The van der Waals surface area contributed by atoms with Crippen molar-refractivity contribution in [2.24, 2.45) is 11.7 Å². The van der Waals surface area contributed by atoms with Gasteiger partial charge in [-0.1, -0.05) is 12.1 Å². The molecule has 110 valence electrons.